The van der Waals surface area contributed by atoms with Gasteiger partial charge in [-0.1, -0.05) is 46.8 Å². The molecule has 0 heterocycles. The lowest BCUT2D eigenvalue weighted by molar-refractivity contribution is -0.228. The van der Waals surface area contributed by atoms with E-state index in [0.717, 1.165) is 44.1 Å². The Morgan fingerprint density at radius 2 is 1.60 bits per heavy atom. The normalized spacial score (nSPS) is 48.0. The predicted octanol–water partition coefficient (Wildman–Crippen LogP) is 6.88. The molecule has 0 aromatic rings. The Morgan fingerprint density at radius 1 is 0.952 bits per heavy atom. The van der Waals surface area contributed by atoms with Crippen molar-refractivity contribution >= 4 is 16.1 Å². The number of aliphatic hydroxyl groups is 1. The van der Waals surface area contributed by atoms with E-state index < -0.39 is 50.5 Å². The largest absolute Gasteiger partial charge is 0.523 e. The number of aliphatic hydroxyl groups excluding tert-OH is 1. The van der Waals surface area contributed by atoms with Crippen molar-refractivity contribution < 1.29 is 40.4 Å². The zero-order valence-electron chi connectivity index (χ0n) is 26.1. The molecule has 0 bridgehead atoms. The number of fused-ring (bicyclic) bond motifs is 7. The molecule has 5 fully saturated rings. The van der Waals surface area contributed by atoms with E-state index >= 15 is 0 Å². The molecule has 0 aliphatic heterocycles. The topological polar surface area (TPSA) is 89.9 Å². The second-order valence-corrected chi connectivity index (χ2v) is 17.4. The first-order chi connectivity index (χ1) is 19.2. The average Bonchev–Trinajstić information content (AvgIpc) is 3.34. The Morgan fingerprint density at radius 3 is 2.17 bits per heavy atom. The summed E-state index contributed by atoms with van der Waals surface area (Å²) in [6.07, 6.45) is 5.34. The van der Waals surface area contributed by atoms with E-state index in [-0.39, 0.29) is 46.4 Å². The summed E-state index contributed by atoms with van der Waals surface area (Å²) in [4.78, 5) is 13.3. The molecule has 240 valence electrons. The monoisotopic (exact) mass is 618 g/mol. The summed E-state index contributed by atoms with van der Waals surface area (Å²) in [7, 11) is -4.31. The Hall–Kier alpha value is -1.13. The van der Waals surface area contributed by atoms with Crippen LogP contribution in [0.2, 0.25) is 0 Å². The summed E-state index contributed by atoms with van der Waals surface area (Å²) in [5.74, 6) is -0.530. The van der Waals surface area contributed by atoms with Crippen LogP contribution in [-0.4, -0.2) is 44.8 Å². The highest BCUT2D eigenvalue weighted by atomic mass is 32.2. The van der Waals surface area contributed by atoms with Gasteiger partial charge < -0.3 is 9.84 Å². The molecule has 5 aliphatic carbocycles. The number of hydrogen-bond acceptors (Lipinski definition) is 6. The number of carbonyl (C=O) groups is 1. The first-order valence-corrected chi connectivity index (χ1v) is 16.9. The summed E-state index contributed by atoms with van der Waals surface area (Å²) in [5.41, 5.74) is -6.46. The van der Waals surface area contributed by atoms with Crippen LogP contribution in [0.3, 0.4) is 0 Å². The molecule has 10 heteroatoms. The number of methoxy groups -OCH3 is 1. The van der Waals surface area contributed by atoms with Crippen LogP contribution in [-0.2, 0) is 23.8 Å². The molecule has 0 amide bonds. The maximum atomic E-state index is 13.3. The van der Waals surface area contributed by atoms with Crippen LogP contribution in [0.15, 0.2) is 12.2 Å². The highest BCUT2D eigenvalue weighted by Gasteiger charge is 2.75. The fourth-order valence-electron chi connectivity index (χ4n) is 12.2. The number of ether oxygens (including phenoxy) is 1. The van der Waals surface area contributed by atoms with Gasteiger partial charge in [0.05, 0.1) is 25.7 Å². The Kier molecular flexibility index (Phi) is 7.44. The van der Waals surface area contributed by atoms with Crippen molar-refractivity contribution in [1.82, 2.24) is 0 Å². The maximum Gasteiger partial charge on any atom is 0.523 e. The third-order valence-corrected chi connectivity index (χ3v) is 15.3. The molecule has 0 aromatic carbocycles. The van der Waals surface area contributed by atoms with Gasteiger partial charge >= 0.3 is 21.6 Å². The van der Waals surface area contributed by atoms with E-state index in [1.807, 2.05) is 6.92 Å². The third kappa shape index (κ3) is 4.01. The fourth-order valence-corrected chi connectivity index (χ4v) is 12.7. The summed E-state index contributed by atoms with van der Waals surface area (Å²) >= 11 is 0. The van der Waals surface area contributed by atoms with Crippen LogP contribution in [0.5, 0.6) is 0 Å². The van der Waals surface area contributed by atoms with Gasteiger partial charge in [-0.2, -0.15) is 21.6 Å². The van der Waals surface area contributed by atoms with Gasteiger partial charge in [0, 0.05) is 0 Å². The van der Waals surface area contributed by atoms with Gasteiger partial charge in [-0.05, 0) is 115 Å². The van der Waals surface area contributed by atoms with Crippen molar-refractivity contribution in [2.75, 3.05) is 13.7 Å². The number of esters is 1. The lowest BCUT2D eigenvalue weighted by atomic mass is 9.34. The van der Waals surface area contributed by atoms with Gasteiger partial charge in [-0.3, -0.25) is 8.98 Å². The molecule has 1 N–H and O–H groups in total. The van der Waals surface area contributed by atoms with Gasteiger partial charge in [0.1, 0.15) is 0 Å². The maximum absolute atomic E-state index is 13.3. The van der Waals surface area contributed by atoms with E-state index in [9.17, 15) is 31.5 Å². The average molecular weight is 619 g/mol. The predicted molar refractivity (Wildman–Crippen MR) is 152 cm³/mol. The number of allylic oxidation sites excluding steroid dienone is 1. The van der Waals surface area contributed by atoms with Gasteiger partial charge in [0.25, 0.3) is 0 Å². The lowest BCUT2D eigenvalue weighted by Crippen LogP contribution is -2.65. The SMILES string of the molecule is C=C(C)[C@@H]1CC[C@]2(COS(=O)(=O)C(F)(F)F)CC[C@]3(C)C(CCC4[C@]5(C)C(CC[C@]43C)C(C)(C)[C@@H](O)[C@H]5C(=O)OC)C12. The first kappa shape index (κ1) is 32.3. The molecule has 5 rings (SSSR count). The van der Waals surface area contributed by atoms with Gasteiger partial charge in [-0.25, -0.2) is 0 Å². The minimum atomic E-state index is -5.70. The summed E-state index contributed by atoms with van der Waals surface area (Å²) in [6.45, 7) is 16.8. The molecule has 0 spiro atoms. The zero-order chi connectivity index (χ0) is 31.5. The minimum absolute atomic E-state index is 0.0394. The molecule has 0 saturated heterocycles. The van der Waals surface area contributed by atoms with Gasteiger partial charge in [-0.15, -0.1) is 0 Å². The van der Waals surface area contributed by atoms with Crippen molar-refractivity contribution in [3.63, 3.8) is 0 Å². The second-order valence-electron chi connectivity index (χ2n) is 15.8. The Labute approximate surface area is 249 Å². The summed E-state index contributed by atoms with van der Waals surface area (Å²) in [5, 5.41) is 11.6. The van der Waals surface area contributed by atoms with Crippen LogP contribution in [0.25, 0.3) is 0 Å². The summed E-state index contributed by atoms with van der Waals surface area (Å²) < 4.78 is 73.9. The molecule has 5 aliphatic rings. The third-order valence-electron chi connectivity index (χ3n) is 14.3. The lowest BCUT2D eigenvalue weighted by Gasteiger charge is -2.71. The molecular formula is C32H49F3O6S. The number of hydrogen-bond donors (Lipinski definition) is 1. The Bertz CT molecular complexity index is 1250. The smallest absolute Gasteiger partial charge is 0.469 e. The number of rotatable bonds is 5. The van der Waals surface area contributed by atoms with E-state index in [4.69, 9.17) is 8.92 Å². The van der Waals surface area contributed by atoms with Gasteiger partial charge in [0.2, 0.25) is 0 Å². The molecule has 42 heavy (non-hydrogen) atoms. The van der Waals surface area contributed by atoms with E-state index in [1.54, 1.807) is 0 Å². The van der Waals surface area contributed by atoms with Crippen molar-refractivity contribution in [1.29, 1.82) is 0 Å². The highest BCUT2D eigenvalue weighted by Crippen LogP contribution is 2.79. The van der Waals surface area contributed by atoms with Crippen molar-refractivity contribution in [3.05, 3.63) is 12.2 Å². The van der Waals surface area contributed by atoms with E-state index in [1.165, 1.54) is 7.11 Å². The fraction of sp³-hybridized carbons (Fsp3) is 0.906. The summed E-state index contributed by atoms with van der Waals surface area (Å²) in [6, 6.07) is 0. The van der Waals surface area contributed by atoms with Crippen LogP contribution >= 0.6 is 0 Å². The number of halogens is 3. The van der Waals surface area contributed by atoms with Crippen LogP contribution in [0.1, 0.15) is 92.9 Å². The standard InChI is InChI=1S/C32H49F3O6S/c1-18(2)19-11-14-31(17-41-42(38,39)32(33,34)35)16-15-28(5)20(23(19)31)9-10-22-29(28,6)13-12-21-27(3,4)25(36)24(26(37)40-8)30(21,22)7/h19-25,36H,1,9-17H2,2-8H3/t19-,20?,21?,22?,23?,24-,25-,28+,29+,30-,31+/m0/s1. The van der Waals surface area contributed by atoms with E-state index in [0.29, 0.717) is 12.8 Å². The Balaban J connectivity index is 1.55. The van der Waals surface area contributed by atoms with Crippen molar-refractivity contribution in [2.45, 2.75) is 105 Å². The zero-order valence-corrected chi connectivity index (χ0v) is 27.0. The van der Waals surface area contributed by atoms with Crippen molar-refractivity contribution in [3.8, 4) is 0 Å². The number of carbonyl (C=O) groups excluding carboxylic acids is 1. The molecular weight excluding hydrogens is 569 g/mol. The van der Waals surface area contributed by atoms with Crippen LogP contribution < -0.4 is 0 Å². The molecule has 0 radical (unpaired) electrons. The van der Waals surface area contributed by atoms with E-state index in [2.05, 4.69) is 41.2 Å². The molecule has 6 nitrogen and oxygen atoms in total. The number of alkyl halides is 3. The second kappa shape index (κ2) is 9.68. The first-order valence-electron chi connectivity index (χ1n) is 15.5. The molecule has 4 unspecified atom stereocenters. The minimum Gasteiger partial charge on any atom is -0.469 e. The molecule has 11 atom stereocenters. The highest BCUT2D eigenvalue weighted by molar-refractivity contribution is 7.87. The van der Waals surface area contributed by atoms with Crippen LogP contribution in [0, 0.1) is 62.6 Å². The van der Waals surface area contributed by atoms with Gasteiger partial charge in [0.15, 0.2) is 0 Å². The quantitative estimate of drug-likeness (QED) is 0.156. The molecule has 0 aromatic heterocycles. The van der Waals surface area contributed by atoms with Crippen LogP contribution in [0.4, 0.5) is 13.2 Å². The van der Waals surface area contributed by atoms with Crippen molar-refractivity contribution in [2.24, 2.45) is 62.6 Å². The molecule has 5 saturated carbocycles.